The molecule has 0 radical (unpaired) electrons. The molecule has 146 valence electrons. The van der Waals surface area contributed by atoms with Crippen LogP contribution < -0.4 is 0 Å². The van der Waals surface area contributed by atoms with Crippen molar-refractivity contribution in [2.45, 2.75) is 64.1 Å². The predicted octanol–water partition coefficient (Wildman–Crippen LogP) is 2.46. The summed E-state index contributed by atoms with van der Waals surface area (Å²) < 4.78 is 5.31. The average molecular weight is 365 g/mol. The van der Waals surface area contributed by atoms with Crippen LogP contribution in [0.15, 0.2) is 0 Å². The van der Waals surface area contributed by atoms with E-state index in [1.54, 1.807) is 4.90 Å². The van der Waals surface area contributed by atoms with Crippen LogP contribution in [0.25, 0.3) is 0 Å². The molecule has 1 saturated carbocycles. The molecule has 4 rings (SSSR count). The first kappa shape index (κ1) is 17.9. The van der Waals surface area contributed by atoms with E-state index in [0.717, 1.165) is 45.2 Å². The van der Waals surface area contributed by atoms with Gasteiger partial charge >= 0.3 is 12.2 Å². The number of likely N-dealkylation sites (tertiary alicyclic amines) is 2. The van der Waals surface area contributed by atoms with Gasteiger partial charge in [-0.05, 0) is 43.4 Å². The summed E-state index contributed by atoms with van der Waals surface area (Å²) in [6.45, 7) is 8.31. The maximum absolute atomic E-state index is 12.2. The van der Waals surface area contributed by atoms with Crippen molar-refractivity contribution in [1.82, 2.24) is 14.7 Å². The van der Waals surface area contributed by atoms with Crippen molar-refractivity contribution in [1.29, 1.82) is 0 Å². The van der Waals surface area contributed by atoms with Crippen LogP contribution in [-0.4, -0.2) is 82.9 Å². The molecule has 7 heteroatoms. The van der Waals surface area contributed by atoms with Crippen LogP contribution in [-0.2, 0) is 4.74 Å². The summed E-state index contributed by atoms with van der Waals surface area (Å²) in [6, 6.07) is 1.11. The van der Waals surface area contributed by atoms with Crippen molar-refractivity contribution in [3.8, 4) is 0 Å². The van der Waals surface area contributed by atoms with Crippen LogP contribution in [0.4, 0.5) is 9.59 Å². The number of hydrogen-bond donors (Lipinski definition) is 1. The third-order valence-electron chi connectivity index (χ3n) is 7.17. The van der Waals surface area contributed by atoms with E-state index in [2.05, 4.69) is 18.7 Å². The molecular formula is C19H31N3O4. The highest BCUT2D eigenvalue weighted by Gasteiger charge is 2.51. The number of hydrogen-bond acceptors (Lipinski definition) is 4. The summed E-state index contributed by atoms with van der Waals surface area (Å²) in [4.78, 5) is 29.5. The first-order chi connectivity index (χ1) is 12.4. The molecule has 0 unspecified atom stereocenters. The van der Waals surface area contributed by atoms with E-state index >= 15 is 0 Å². The Kier molecular flexibility index (Phi) is 4.53. The lowest BCUT2D eigenvalue weighted by molar-refractivity contribution is -0.0142. The van der Waals surface area contributed by atoms with Gasteiger partial charge in [-0.15, -0.1) is 0 Å². The first-order valence-corrected chi connectivity index (χ1v) is 10.1. The molecule has 1 N–H and O–H groups in total. The largest absolute Gasteiger partial charge is 0.465 e. The Morgan fingerprint density at radius 1 is 1.19 bits per heavy atom. The van der Waals surface area contributed by atoms with Crippen LogP contribution in [0, 0.1) is 11.3 Å². The lowest BCUT2D eigenvalue weighted by Crippen LogP contribution is -2.57. The zero-order valence-corrected chi connectivity index (χ0v) is 15.9. The van der Waals surface area contributed by atoms with E-state index in [1.165, 1.54) is 0 Å². The summed E-state index contributed by atoms with van der Waals surface area (Å²) in [7, 11) is 0. The molecular weight excluding hydrogens is 334 g/mol. The fourth-order valence-corrected chi connectivity index (χ4v) is 5.54. The number of carbonyl (C=O) groups excluding carboxylic acids is 1. The molecule has 0 aromatic carbocycles. The van der Waals surface area contributed by atoms with Crippen LogP contribution in [0.1, 0.15) is 46.0 Å². The molecule has 1 spiro atoms. The SMILES string of the molecule is CC(C)[C@@H]1COC(=O)N1C1CCN(C2CC3(CCN(C(=O)O)C3)C2)CC1. The Labute approximate surface area is 155 Å². The molecule has 3 aliphatic heterocycles. The smallest absolute Gasteiger partial charge is 0.410 e. The zero-order chi connectivity index (χ0) is 18.5. The Balaban J connectivity index is 1.28. The van der Waals surface area contributed by atoms with Gasteiger partial charge in [0.2, 0.25) is 0 Å². The van der Waals surface area contributed by atoms with Crippen LogP contribution in [0.2, 0.25) is 0 Å². The third-order valence-corrected chi connectivity index (χ3v) is 7.17. The second-order valence-electron chi connectivity index (χ2n) is 9.08. The average Bonchev–Trinajstić information content (AvgIpc) is 3.18. The van der Waals surface area contributed by atoms with Crippen molar-refractivity contribution in [3.05, 3.63) is 0 Å². The molecule has 1 aliphatic carbocycles. The molecule has 1 atom stereocenters. The van der Waals surface area contributed by atoms with Gasteiger partial charge in [0.15, 0.2) is 0 Å². The van der Waals surface area contributed by atoms with Crippen molar-refractivity contribution in [3.63, 3.8) is 0 Å². The van der Waals surface area contributed by atoms with Gasteiger partial charge < -0.3 is 19.6 Å². The van der Waals surface area contributed by atoms with Gasteiger partial charge in [0.05, 0.1) is 6.04 Å². The highest BCUT2D eigenvalue weighted by atomic mass is 16.6. The molecule has 26 heavy (non-hydrogen) atoms. The van der Waals surface area contributed by atoms with E-state index in [4.69, 9.17) is 9.84 Å². The van der Waals surface area contributed by atoms with Crippen molar-refractivity contribution in [2.75, 3.05) is 32.8 Å². The zero-order valence-electron chi connectivity index (χ0n) is 15.9. The van der Waals surface area contributed by atoms with E-state index in [0.29, 0.717) is 37.7 Å². The van der Waals surface area contributed by atoms with Gasteiger partial charge in [0.1, 0.15) is 6.61 Å². The lowest BCUT2D eigenvalue weighted by atomic mass is 9.64. The minimum Gasteiger partial charge on any atom is -0.465 e. The molecule has 3 heterocycles. The normalized spacial score (nSPS) is 36.0. The molecule has 4 aliphatic rings. The molecule has 2 amide bonds. The maximum atomic E-state index is 12.2. The van der Waals surface area contributed by atoms with Gasteiger partial charge in [-0.2, -0.15) is 0 Å². The number of nitrogens with zero attached hydrogens (tertiary/aromatic N) is 3. The van der Waals surface area contributed by atoms with Gasteiger partial charge in [0.25, 0.3) is 0 Å². The number of rotatable bonds is 3. The maximum Gasteiger partial charge on any atom is 0.410 e. The van der Waals surface area contributed by atoms with Crippen LogP contribution >= 0.6 is 0 Å². The summed E-state index contributed by atoms with van der Waals surface area (Å²) in [5.41, 5.74) is 0.238. The van der Waals surface area contributed by atoms with Crippen LogP contribution in [0.3, 0.4) is 0 Å². The number of piperidine rings is 1. The molecule has 3 saturated heterocycles. The van der Waals surface area contributed by atoms with E-state index in [-0.39, 0.29) is 17.6 Å². The minimum atomic E-state index is -0.775. The Bertz CT molecular complexity index is 567. The Morgan fingerprint density at radius 2 is 1.88 bits per heavy atom. The van der Waals surface area contributed by atoms with Gasteiger partial charge in [-0.25, -0.2) is 9.59 Å². The molecule has 0 aromatic rings. The number of carboxylic acid groups (broad SMARTS) is 1. The Morgan fingerprint density at radius 3 is 2.46 bits per heavy atom. The molecule has 0 aromatic heterocycles. The van der Waals surface area contributed by atoms with Gasteiger partial charge in [-0.3, -0.25) is 4.90 Å². The highest BCUT2D eigenvalue weighted by molar-refractivity contribution is 5.70. The summed E-state index contributed by atoms with van der Waals surface area (Å²) in [6.07, 6.45) is 4.39. The molecule has 4 fully saturated rings. The van der Waals surface area contributed by atoms with Crippen LogP contribution in [0.5, 0.6) is 0 Å². The third kappa shape index (κ3) is 3.04. The van der Waals surface area contributed by atoms with Crippen molar-refractivity contribution >= 4 is 12.2 Å². The predicted molar refractivity (Wildman–Crippen MR) is 96.1 cm³/mol. The summed E-state index contributed by atoms with van der Waals surface area (Å²) in [5, 5.41) is 9.17. The minimum absolute atomic E-state index is 0.135. The first-order valence-electron chi connectivity index (χ1n) is 10.1. The van der Waals surface area contributed by atoms with E-state index in [1.807, 2.05) is 4.90 Å². The van der Waals surface area contributed by atoms with Crippen molar-refractivity contribution in [2.24, 2.45) is 11.3 Å². The second kappa shape index (κ2) is 6.59. The van der Waals surface area contributed by atoms with Gasteiger partial charge in [0, 0.05) is 38.3 Å². The standard InChI is InChI=1S/C19H31N3O4/c1-13(2)16-11-26-18(25)22(16)14-3-6-20(7-4-14)15-9-19(10-15)5-8-21(12-19)17(23)24/h13-16H,3-12H2,1-2H3,(H,23,24)/t15?,16-,19?/m0/s1. The summed E-state index contributed by atoms with van der Waals surface area (Å²) >= 11 is 0. The fourth-order valence-electron chi connectivity index (χ4n) is 5.54. The summed E-state index contributed by atoms with van der Waals surface area (Å²) in [5.74, 6) is 0.422. The van der Waals surface area contributed by atoms with Gasteiger partial charge in [-0.1, -0.05) is 13.8 Å². The number of cyclic esters (lactones) is 1. The Hall–Kier alpha value is -1.50. The molecule has 7 nitrogen and oxygen atoms in total. The number of amides is 2. The highest BCUT2D eigenvalue weighted by Crippen LogP contribution is 2.50. The molecule has 0 bridgehead atoms. The number of carbonyl (C=O) groups is 2. The quantitative estimate of drug-likeness (QED) is 0.832. The fraction of sp³-hybridized carbons (Fsp3) is 0.895. The van der Waals surface area contributed by atoms with Crippen molar-refractivity contribution < 1.29 is 19.4 Å². The number of ether oxygens (including phenoxy) is 1. The second-order valence-corrected chi connectivity index (χ2v) is 9.08. The topological polar surface area (TPSA) is 73.3 Å². The monoisotopic (exact) mass is 365 g/mol. The lowest BCUT2D eigenvalue weighted by Gasteiger charge is -2.52. The van der Waals surface area contributed by atoms with E-state index < -0.39 is 6.09 Å². The van der Waals surface area contributed by atoms with E-state index in [9.17, 15) is 9.59 Å².